The van der Waals surface area contributed by atoms with E-state index in [1.807, 2.05) is 12.1 Å². The van der Waals surface area contributed by atoms with Gasteiger partial charge in [-0.15, -0.1) is 0 Å². The van der Waals surface area contributed by atoms with Gasteiger partial charge in [0.25, 0.3) is 0 Å². The summed E-state index contributed by atoms with van der Waals surface area (Å²) >= 11 is 9.68. The molecule has 0 saturated carbocycles. The van der Waals surface area contributed by atoms with Crippen LogP contribution < -0.4 is 0 Å². The molecule has 3 heteroatoms. The third kappa shape index (κ3) is 3.72. The first-order valence-electron chi connectivity index (χ1n) is 6.49. The number of benzene rings is 1. The van der Waals surface area contributed by atoms with Crippen LogP contribution in [0.4, 0.5) is 0 Å². The maximum absolute atomic E-state index is 6.08. The molecule has 0 bridgehead atoms. The summed E-state index contributed by atoms with van der Waals surface area (Å²) in [6, 6.07) is 8.16. The molecule has 100 valence electrons. The van der Waals surface area contributed by atoms with Gasteiger partial charge in [0.15, 0.2) is 0 Å². The van der Waals surface area contributed by atoms with Crippen molar-refractivity contribution in [1.82, 2.24) is 0 Å². The minimum atomic E-state index is 0.0515. The highest BCUT2D eigenvalue weighted by atomic mass is 79.9. The molecule has 1 aromatic carbocycles. The lowest BCUT2D eigenvalue weighted by atomic mass is 9.93. The monoisotopic (exact) mass is 330 g/mol. The Bertz CT molecular complexity index is 405. The van der Waals surface area contributed by atoms with E-state index in [0.29, 0.717) is 12.0 Å². The molecule has 1 aliphatic heterocycles. The third-order valence-corrected chi connectivity index (χ3v) is 4.62. The molecule has 0 amide bonds. The summed E-state index contributed by atoms with van der Waals surface area (Å²) in [5.74, 6) is 0.475. The van der Waals surface area contributed by atoms with Gasteiger partial charge in [0, 0.05) is 10.4 Å². The van der Waals surface area contributed by atoms with Crippen molar-refractivity contribution >= 4 is 27.5 Å². The van der Waals surface area contributed by atoms with Crippen molar-refractivity contribution < 1.29 is 4.74 Å². The van der Waals surface area contributed by atoms with Crippen molar-refractivity contribution in [2.24, 2.45) is 0 Å². The molecule has 2 atom stereocenters. The fourth-order valence-electron chi connectivity index (χ4n) is 2.61. The van der Waals surface area contributed by atoms with Crippen molar-refractivity contribution in [3.8, 4) is 0 Å². The molecule has 1 saturated heterocycles. The van der Waals surface area contributed by atoms with Gasteiger partial charge in [-0.2, -0.15) is 0 Å². The van der Waals surface area contributed by atoms with Gasteiger partial charge in [0.05, 0.1) is 11.7 Å². The van der Waals surface area contributed by atoms with Gasteiger partial charge < -0.3 is 4.74 Å². The quantitative estimate of drug-likeness (QED) is 0.692. The lowest BCUT2D eigenvalue weighted by Crippen LogP contribution is -2.21. The summed E-state index contributed by atoms with van der Waals surface area (Å²) < 4.78 is 6.08. The fourth-order valence-corrected chi connectivity index (χ4v) is 3.45. The summed E-state index contributed by atoms with van der Waals surface area (Å²) in [6.45, 7) is 4.35. The van der Waals surface area contributed by atoms with Crippen LogP contribution in [-0.2, 0) is 4.74 Å². The lowest BCUT2D eigenvalue weighted by Gasteiger charge is -2.22. The van der Waals surface area contributed by atoms with Crippen molar-refractivity contribution in [2.75, 3.05) is 5.33 Å². The van der Waals surface area contributed by atoms with Crippen LogP contribution in [0.2, 0.25) is 5.02 Å². The molecule has 0 N–H and O–H groups in total. The Balaban J connectivity index is 2.02. The number of rotatable bonds is 4. The predicted octanol–water partition coefficient (Wildman–Crippen LogP) is 5.17. The molecule has 0 aliphatic carbocycles. The summed E-state index contributed by atoms with van der Waals surface area (Å²) in [7, 11) is 0. The molecule has 18 heavy (non-hydrogen) atoms. The molecule has 1 aliphatic rings. The first kappa shape index (κ1) is 14.4. The third-order valence-electron chi connectivity index (χ3n) is 3.61. The van der Waals surface area contributed by atoms with Crippen molar-refractivity contribution in [1.29, 1.82) is 0 Å². The second-order valence-corrected chi connectivity index (χ2v) is 6.76. The van der Waals surface area contributed by atoms with Crippen LogP contribution >= 0.6 is 27.5 Å². The van der Waals surface area contributed by atoms with E-state index in [9.17, 15) is 0 Å². The Morgan fingerprint density at radius 3 is 2.83 bits per heavy atom. The zero-order valence-corrected chi connectivity index (χ0v) is 13.3. The van der Waals surface area contributed by atoms with Crippen LogP contribution in [0.3, 0.4) is 0 Å². The molecule has 0 spiro atoms. The highest BCUT2D eigenvalue weighted by molar-refractivity contribution is 9.09. The Morgan fingerprint density at radius 2 is 2.28 bits per heavy atom. The number of hydrogen-bond acceptors (Lipinski definition) is 1. The van der Waals surface area contributed by atoms with E-state index in [1.54, 1.807) is 0 Å². The van der Waals surface area contributed by atoms with Gasteiger partial charge in [-0.1, -0.05) is 39.7 Å². The number of ether oxygens (including phenoxy) is 1. The topological polar surface area (TPSA) is 9.23 Å². The minimum Gasteiger partial charge on any atom is -0.372 e. The Morgan fingerprint density at radius 1 is 1.50 bits per heavy atom. The molecule has 2 rings (SSSR count). The molecule has 2 unspecified atom stereocenters. The van der Waals surface area contributed by atoms with Gasteiger partial charge >= 0.3 is 0 Å². The average Bonchev–Trinajstić information content (AvgIpc) is 2.65. The van der Waals surface area contributed by atoms with Gasteiger partial charge in [0.1, 0.15) is 0 Å². The van der Waals surface area contributed by atoms with Crippen LogP contribution in [0, 0.1) is 0 Å². The molecule has 0 aromatic heterocycles. The zero-order valence-electron chi connectivity index (χ0n) is 11.0. The van der Waals surface area contributed by atoms with Crippen molar-refractivity contribution in [3.63, 3.8) is 0 Å². The summed E-state index contributed by atoms with van der Waals surface area (Å²) in [6.07, 6.45) is 3.76. The first-order valence-corrected chi connectivity index (χ1v) is 7.99. The van der Waals surface area contributed by atoms with Crippen LogP contribution in [0.15, 0.2) is 24.3 Å². The highest BCUT2D eigenvalue weighted by Crippen LogP contribution is 2.35. The van der Waals surface area contributed by atoms with E-state index in [0.717, 1.165) is 29.6 Å². The maximum atomic E-state index is 6.08. The second-order valence-electron chi connectivity index (χ2n) is 5.68. The Hall–Kier alpha value is -0.0500. The first-order chi connectivity index (χ1) is 8.50. The van der Waals surface area contributed by atoms with E-state index in [-0.39, 0.29) is 5.60 Å². The van der Waals surface area contributed by atoms with Crippen molar-refractivity contribution in [3.05, 3.63) is 34.9 Å². The van der Waals surface area contributed by atoms with Crippen molar-refractivity contribution in [2.45, 2.75) is 50.7 Å². The molecule has 0 radical (unpaired) electrons. The van der Waals surface area contributed by atoms with Crippen LogP contribution in [0.25, 0.3) is 0 Å². The normalized spacial score (nSPS) is 24.1. The van der Waals surface area contributed by atoms with Gasteiger partial charge in [-0.25, -0.2) is 0 Å². The van der Waals surface area contributed by atoms with E-state index < -0.39 is 0 Å². The largest absolute Gasteiger partial charge is 0.372 e. The van der Waals surface area contributed by atoms with E-state index in [4.69, 9.17) is 16.3 Å². The minimum absolute atomic E-state index is 0.0515. The molecular formula is C15H20BrClO. The molecule has 1 fully saturated rings. The van der Waals surface area contributed by atoms with E-state index in [1.165, 1.54) is 5.56 Å². The molecule has 1 aromatic rings. The Labute approximate surface area is 123 Å². The maximum Gasteiger partial charge on any atom is 0.0631 e. The number of halogens is 2. The summed E-state index contributed by atoms with van der Waals surface area (Å²) in [4.78, 5) is 0. The van der Waals surface area contributed by atoms with Crippen LogP contribution in [0.1, 0.15) is 44.6 Å². The summed E-state index contributed by atoms with van der Waals surface area (Å²) in [5, 5.41) is 1.76. The fraction of sp³-hybridized carbons (Fsp3) is 0.600. The van der Waals surface area contributed by atoms with Gasteiger partial charge in [0.2, 0.25) is 0 Å². The van der Waals surface area contributed by atoms with Gasteiger partial charge in [-0.05, 0) is 56.7 Å². The Kier molecular flexibility index (Phi) is 4.74. The predicted molar refractivity (Wildman–Crippen MR) is 80.8 cm³/mol. The van der Waals surface area contributed by atoms with E-state index in [2.05, 4.69) is 41.9 Å². The second kappa shape index (κ2) is 5.94. The SMILES string of the molecule is CC1(C)CCC(CC(CBr)c2cccc(Cl)c2)O1. The molecular weight excluding hydrogens is 312 g/mol. The zero-order chi connectivity index (χ0) is 13.2. The molecule has 1 heterocycles. The van der Waals surface area contributed by atoms with Crippen LogP contribution in [-0.4, -0.2) is 17.0 Å². The summed E-state index contributed by atoms with van der Waals surface area (Å²) in [5.41, 5.74) is 1.35. The smallest absolute Gasteiger partial charge is 0.0631 e. The van der Waals surface area contributed by atoms with Crippen LogP contribution in [0.5, 0.6) is 0 Å². The van der Waals surface area contributed by atoms with E-state index >= 15 is 0 Å². The lowest BCUT2D eigenvalue weighted by molar-refractivity contribution is -0.0201. The average molecular weight is 332 g/mol. The van der Waals surface area contributed by atoms with Gasteiger partial charge in [-0.3, -0.25) is 0 Å². The standard InChI is InChI=1S/C15H20BrClO/c1-15(2)7-6-14(18-15)9-12(10-16)11-4-3-5-13(17)8-11/h3-5,8,12,14H,6-7,9-10H2,1-2H3. The number of alkyl halides is 1. The number of hydrogen-bond donors (Lipinski definition) is 0. The highest BCUT2D eigenvalue weighted by Gasteiger charge is 2.33. The molecule has 1 nitrogen and oxygen atoms in total.